The molecule has 114 valence electrons. The number of hydrogen-bond acceptors (Lipinski definition) is 4. The van der Waals surface area contributed by atoms with E-state index in [1.807, 2.05) is 12.1 Å². The zero-order valence-electron chi connectivity index (χ0n) is 11.9. The lowest BCUT2D eigenvalue weighted by Crippen LogP contribution is -2.17. The van der Waals surface area contributed by atoms with Crippen LogP contribution in [0.15, 0.2) is 60.1 Å². The summed E-state index contributed by atoms with van der Waals surface area (Å²) in [5, 5.41) is 11.5. The number of hydrogen-bond donors (Lipinski definition) is 2. The summed E-state index contributed by atoms with van der Waals surface area (Å²) in [5.41, 5.74) is 5.43. The Bertz CT molecular complexity index is 827. The lowest BCUT2D eigenvalue weighted by atomic mass is 10.1. The van der Waals surface area contributed by atoms with Crippen molar-refractivity contribution in [2.45, 2.75) is 0 Å². The first kappa shape index (κ1) is 14.9. The van der Waals surface area contributed by atoms with Crippen LogP contribution in [0.2, 0.25) is 5.02 Å². The number of pyridine rings is 1. The summed E-state index contributed by atoms with van der Waals surface area (Å²) in [6.07, 6.45) is 6.26. The van der Waals surface area contributed by atoms with Gasteiger partial charge in [0.05, 0.1) is 18.1 Å². The maximum atomic E-state index is 11.9. The molecule has 2 aromatic heterocycles. The minimum Gasteiger partial charge on any atom is -0.277 e. The molecule has 1 aromatic carbocycles. The van der Waals surface area contributed by atoms with Gasteiger partial charge in [-0.15, -0.1) is 0 Å². The highest BCUT2D eigenvalue weighted by Crippen LogP contribution is 2.21. The normalized spacial score (nSPS) is 10.8. The van der Waals surface area contributed by atoms with Crippen LogP contribution in [0.1, 0.15) is 15.9 Å². The van der Waals surface area contributed by atoms with Crippen LogP contribution < -0.4 is 5.43 Å². The summed E-state index contributed by atoms with van der Waals surface area (Å²) in [6, 6.07) is 10.6. The van der Waals surface area contributed by atoms with Gasteiger partial charge in [-0.2, -0.15) is 10.2 Å². The highest BCUT2D eigenvalue weighted by Gasteiger charge is 2.06. The van der Waals surface area contributed by atoms with Crippen molar-refractivity contribution in [2.75, 3.05) is 0 Å². The molecule has 3 aromatic rings. The van der Waals surface area contributed by atoms with Gasteiger partial charge >= 0.3 is 0 Å². The number of halogens is 1. The predicted molar refractivity (Wildman–Crippen MR) is 88.3 cm³/mol. The number of rotatable bonds is 4. The number of carbonyl (C=O) groups excluding carboxylic acids is 1. The fourth-order valence-corrected chi connectivity index (χ4v) is 2.10. The molecule has 0 aliphatic heterocycles. The van der Waals surface area contributed by atoms with E-state index in [1.165, 1.54) is 6.21 Å². The van der Waals surface area contributed by atoms with Crippen LogP contribution >= 0.6 is 11.6 Å². The van der Waals surface area contributed by atoms with Gasteiger partial charge in [-0.1, -0.05) is 23.7 Å². The molecule has 2 heterocycles. The van der Waals surface area contributed by atoms with Gasteiger partial charge < -0.3 is 0 Å². The number of nitrogens with one attached hydrogen (secondary N) is 2. The largest absolute Gasteiger partial charge is 0.277 e. The van der Waals surface area contributed by atoms with Crippen molar-refractivity contribution in [3.63, 3.8) is 0 Å². The SMILES string of the molecule is O=C(N/N=C/c1cn[nH]c1-c1ccc(Cl)cc1)c1ccncc1. The smallest absolute Gasteiger partial charge is 0.271 e. The Morgan fingerprint density at radius 2 is 1.91 bits per heavy atom. The van der Waals surface area contributed by atoms with Gasteiger partial charge in [0.2, 0.25) is 0 Å². The molecule has 23 heavy (non-hydrogen) atoms. The van der Waals surface area contributed by atoms with E-state index >= 15 is 0 Å². The van der Waals surface area contributed by atoms with Crippen LogP contribution in [0.4, 0.5) is 0 Å². The average molecular weight is 326 g/mol. The Morgan fingerprint density at radius 1 is 1.17 bits per heavy atom. The fraction of sp³-hybridized carbons (Fsp3) is 0. The number of H-pyrrole nitrogens is 1. The molecule has 1 amide bonds. The van der Waals surface area contributed by atoms with E-state index < -0.39 is 0 Å². The standard InChI is InChI=1S/C16H12ClN5O/c17-14-3-1-11(2-4-14)15-13(9-19-21-15)10-20-22-16(23)12-5-7-18-8-6-12/h1-10H,(H,19,21)(H,22,23)/b20-10+. The van der Waals surface area contributed by atoms with Crippen molar-refractivity contribution in [2.24, 2.45) is 5.10 Å². The summed E-state index contributed by atoms with van der Waals surface area (Å²) in [6.45, 7) is 0. The van der Waals surface area contributed by atoms with Crippen molar-refractivity contribution in [1.82, 2.24) is 20.6 Å². The molecule has 0 aliphatic carbocycles. The summed E-state index contributed by atoms with van der Waals surface area (Å²) in [4.78, 5) is 15.7. The Morgan fingerprint density at radius 3 is 2.65 bits per heavy atom. The topological polar surface area (TPSA) is 83.0 Å². The average Bonchev–Trinajstić information content (AvgIpc) is 3.05. The number of benzene rings is 1. The van der Waals surface area contributed by atoms with Crippen molar-refractivity contribution < 1.29 is 4.79 Å². The van der Waals surface area contributed by atoms with Crippen LogP contribution in [0, 0.1) is 0 Å². The second-order valence-corrected chi connectivity index (χ2v) is 5.08. The minimum absolute atomic E-state index is 0.305. The molecule has 6 nitrogen and oxygen atoms in total. The van der Waals surface area contributed by atoms with Crippen LogP contribution in [0.25, 0.3) is 11.3 Å². The number of hydrazone groups is 1. The molecule has 0 saturated carbocycles. The van der Waals surface area contributed by atoms with Crippen molar-refractivity contribution in [3.05, 3.63) is 71.1 Å². The van der Waals surface area contributed by atoms with E-state index in [-0.39, 0.29) is 5.91 Å². The first-order valence-corrected chi connectivity index (χ1v) is 7.14. The van der Waals surface area contributed by atoms with Gasteiger partial charge in [-0.25, -0.2) is 5.43 Å². The fourth-order valence-electron chi connectivity index (χ4n) is 1.97. The van der Waals surface area contributed by atoms with Gasteiger partial charge in [-0.05, 0) is 24.3 Å². The van der Waals surface area contributed by atoms with E-state index in [4.69, 9.17) is 11.6 Å². The van der Waals surface area contributed by atoms with Crippen LogP contribution in [-0.4, -0.2) is 27.3 Å². The zero-order chi connectivity index (χ0) is 16.1. The maximum absolute atomic E-state index is 11.9. The van der Waals surface area contributed by atoms with E-state index in [2.05, 4.69) is 25.7 Å². The number of aromatic amines is 1. The summed E-state index contributed by atoms with van der Waals surface area (Å²) in [7, 11) is 0. The van der Waals surface area contributed by atoms with E-state index in [0.29, 0.717) is 10.6 Å². The summed E-state index contributed by atoms with van der Waals surface area (Å²) in [5.74, 6) is -0.305. The molecule has 7 heteroatoms. The van der Waals surface area contributed by atoms with Crippen LogP contribution in [0.3, 0.4) is 0 Å². The van der Waals surface area contributed by atoms with Gasteiger partial charge in [0, 0.05) is 34.1 Å². The Balaban J connectivity index is 1.73. The molecule has 2 N–H and O–H groups in total. The number of nitrogens with zero attached hydrogens (tertiary/aromatic N) is 3. The van der Waals surface area contributed by atoms with E-state index in [1.54, 1.807) is 42.9 Å². The molecule has 0 spiro atoms. The third-order valence-electron chi connectivity index (χ3n) is 3.11. The minimum atomic E-state index is -0.305. The quantitative estimate of drug-likeness (QED) is 0.571. The second-order valence-electron chi connectivity index (χ2n) is 4.64. The number of aromatic nitrogens is 3. The lowest BCUT2D eigenvalue weighted by molar-refractivity contribution is 0.0955. The first-order chi connectivity index (χ1) is 11.2. The molecule has 3 rings (SSSR count). The van der Waals surface area contributed by atoms with Gasteiger partial charge in [0.25, 0.3) is 5.91 Å². The van der Waals surface area contributed by atoms with Gasteiger partial charge in [-0.3, -0.25) is 14.9 Å². The third-order valence-corrected chi connectivity index (χ3v) is 3.37. The Labute approximate surface area is 137 Å². The summed E-state index contributed by atoms with van der Waals surface area (Å²) >= 11 is 5.89. The molecule has 0 bridgehead atoms. The highest BCUT2D eigenvalue weighted by molar-refractivity contribution is 6.30. The van der Waals surface area contributed by atoms with Crippen molar-refractivity contribution in [3.8, 4) is 11.3 Å². The molecular weight excluding hydrogens is 314 g/mol. The monoisotopic (exact) mass is 325 g/mol. The molecule has 0 atom stereocenters. The summed E-state index contributed by atoms with van der Waals surface area (Å²) < 4.78 is 0. The maximum Gasteiger partial charge on any atom is 0.271 e. The molecule has 0 saturated heterocycles. The molecular formula is C16H12ClN5O. The molecule has 0 fully saturated rings. The highest BCUT2D eigenvalue weighted by atomic mass is 35.5. The zero-order valence-corrected chi connectivity index (χ0v) is 12.7. The predicted octanol–water partition coefficient (Wildman–Crippen LogP) is 2.89. The molecule has 0 radical (unpaired) electrons. The van der Waals surface area contributed by atoms with Crippen LogP contribution in [0.5, 0.6) is 0 Å². The number of carbonyl (C=O) groups is 1. The lowest BCUT2D eigenvalue weighted by Gasteiger charge is -2.00. The Kier molecular flexibility index (Phi) is 4.44. The van der Waals surface area contributed by atoms with Gasteiger partial charge in [0.15, 0.2) is 0 Å². The molecule has 0 unspecified atom stereocenters. The number of amides is 1. The van der Waals surface area contributed by atoms with Crippen molar-refractivity contribution >= 4 is 23.7 Å². The molecule has 0 aliphatic rings. The Hall–Kier alpha value is -2.99. The first-order valence-electron chi connectivity index (χ1n) is 6.77. The van der Waals surface area contributed by atoms with Crippen molar-refractivity contribution in [1.29, 1.82) is 0 Å². The van der Waals surface area contributed by atoms with E-state index in [9.17, 15) is 4.79 Å². The van der Waals surface area contributed by atoms with Gasteiger partial charge in [0.1, 0.15) is 0 Å². The second kappa shape index (κ2) is 6.85. The van der Waals surface area contributed by atoms with Crippen LogP contribution in [-0.2, 0) is 0 Å². The third kappa shape index (κ3) is 3.61. The van der Waals surface area contributed by atoms with E-state index in [0.717, 1.165) is 16.8 Å².